The summed E-state index contributed by atoms with van der Waals surface area (Å²) in [6, 6.07) is 7.36. The summed E-state index contributed by atoms with van der Waals surface area (Å²) in [5.74, 6) is 1.15. The van der Waals surface area contributed by atoms with Gasteiger partial charge in [-0.3, -0.25) is 0 Å². The number of rotatable bonds is 18. The summed E-state index contributed by atoms with van der Waals surface area (Å²) >= 11 is 0. The molecule has 0 aliphatic heterocycles. The molecule has 0 spiro atoms. The van der Waals surface area contributed by atoms with E-state index in [1.54, 1.807) is 32.9 Å². The summed E-state index contributed by atoms with van der Waals surface area (Å²) in [6.07, 6.45) is -0.481. The second-order valence-electron chi connectivity index (χ2n) is 10.5. The van der Waals surface area contributed by atoms with Crippen LogP contribution in [0, 0.1) is 0 Å². The summed E-state index contributed by atoms with van der Waals surface area (Å²) in [5.41, 5.74) is 2.79. The van der Waals surface area contributed by atoms with Crippen molar-refractivity contribution in [1.82, 2.24) is 0 Å². The van der Waals surface area contributed by atoms with Gasteiger partial charge in [0.05, 0.1) is 25.4 Å². The Morgan fingerprint density at radius 2 is 1.30 bits per heavy atom. The molecule has 9 heteroatoms. The van der Waals surface area contributed by atoms with Crippen LogP contribution >= 0.6 is 0 Å². The second kappa shape index (κ2) is 17.2. The molecule has 0 heterocycles. The van der Waals surface area contributed by atoms with Gasteiger partial charge in [0.2, 0.25) is 18.3 Å². The van der Waals surface area contributed by atoms with E-state index in [1.165, 1.54) is 0 Å². The molecule has 2 aromatic rings. The molecule has 0 aliphatic rings. The molecule has 0 bridgehead atoms. The predicted molar refractivity (Wildman–Crippen MR) is 171 cm³/mol. The summed E-state index contributed by atoms with van der Waals surface area (Å²) in [6.45, 7) is 24.9. The van der Waals surface area contributed by atoms with Crippen molar-refractivity contribution < 1.29 is 42.7 Å². The molecule has 0 radical (unpaired) electrons. The summed E-state index contributed by atoms with van der Waals surface area (Å²) in [4.78, 5) is 24.3. The van der Waals surface area contributed by atoms with Crippen molar-refractivity contribution >= 4 is 11.9 Å². The molecule has 2 unspecified atom stereocenters. The van der Waals surface area contributed by atoms with Crippen LogP contribution in [-0.2, 0) is 19.1 Å². The van der Waals surface area contributed by atoms with E-state index in [9.17, 15) is 9.59 Å². The van der Waals surface area contributed by atoms with Gasteiger partial charge in [0, 0.05) is 30.1 Å². The zero-order valence-electron chi connectivity index (χ0n) is 27.7. The first-order chi connectivity index (χ1) is 20.9. The van der Waals surface area contributed by atoms with Gasteiger partial charge in [0.25, 0.3) is 0 Å². The van der Waals surface area contributed by atoms with Gasteiger partial charge in [-0.15, -0.1) is 0 Å². The fourth-order valence-corrected chi connectivity index (χ4v) is 4.20. The Morgan fingerprint density at radius 3 is 1.80 bits per heavy atom. The number of carbonyl (C=O) groups excluding carboxylic acids is 2. The first kappa shape index (κ1) is 36.1. The van der Waals surface area contributed by atoms with Gasteiger partial charge in [-0.25, -0.2) is 9.59 Å². The number of hydrogen-bond acceptors (Lipinski definition) is 9. The molecule has 2 atom stereocenters. The van der Waals surface area contributed by atoms with Crippen molar-refractivity contribution in [3.05, 3.63) is 54.1 Å². The zero-order chi connectivity index (χ0) is 33.0. The van der Waals surface area contributed by atoms with Gasteiger partial charge in [-0.2, -0.15) is 0 Å². The average Bonchev–Trinajstić information content (AvgIpc) is 2.97. The molecule has 0 aromatic heterocycles. The van der Waals surface area contributed by atoms with Crippen LogP contribution in [0.3, 0.4) is 0 Å². The predicted octanol–water partition coefficient (Wildman–Crippen LogP) is 8.14. The van der Waals surface area contributed by atoms with Gasteiger partial charge in [-0.05, 0) is 57.7 Å². The minimum atomic E-state index is -0.947. The maximum Gasteiger partial charge on any atom is 0.336 e. The lowest BCUT2D eigenvalue weighted by atomic mass is 9.92. The van der Waals surface area contributed by atoms with Crippen LogP contribution in [-0.4, -0.2) is 44.3 Å². The minimum Gasteiger partial charge on any atom is -0.492 e. The van der Waals surface area contributed by atoms with Crippen molar-refractivity contribution in [3.8, 4) is 39.9 Å². The highest BCUT2D eigenvalue weighted by molar-refractivity contribution is 5.88. The molecule has 9 nitrogen and oxygen atoms in total. The van der Waals surface area contributed by atoms with Crippen molar-refractivity contribution in [2.24, 2.45) is 0 Å². The molecule has 0 fully saturated rings. The first-order valence-electron chi connectivity index (χ1n) is 15.2. The van der Waals surface area contributed by atoms with E-state index in [0.717, 1.165) is 17.5 Å². The van der Waals surface area contributed by atoms with Crippen molar-refractivity contribution in [2.45, 2.75) is 93.7 Å². The van der Waals surface area contributed by atoms with E-state index >= 15 is 0 Å². The Bertz CT molecular complexity index is 1290. The molecule has 0 amide bonds. The van der Waals surface area contributed by atoms with Crippen molar-refractivity contribution in [2.75, 3.05) is 19.8 Å². The zero-order valence-corrected chi connectivity index (χ0v) is 27.7. The van der Waals surface area contributed by atoms with Crippen LogP contribution in [0.2, 0.25) is 0 Å². The third kappa shape index (κ3) is 9.43. The molecule has 0 N–H and O–H groups in total. The Kier molecular flexibility index (Phi) is 14.1. The Balaban J connectivity index is 2.77. The Hall–Kier alpha value is -4.14. The van der Waals surface area contributed by atoms with Gasteiger partial charge in [0.1, 0.15) is 11.5 Å². The lowest BCUT2D eigenvalue weighted by Gasteiger charge is -2.28. The quantitative estimate of drug-likeness (QED) is 0.0938. The van der Waals surface area contributed by atoms with E-state index in [2.05, 4.69) is 13.2 Å². The van der Waals surface area contributed by atoms with E-state index < -0.39 is 24.5 Å². The lowest BCUT2D eigenvalue weighted by Crippen LogP contribution is -2.23. The fourth-order valence-electron chi connectivity index (χ4n) is 4.20. The molecule has 2 aromatic carbocycles. The number of ether oxygens (including phenoxy) is 7. The summed E-state index contributed by atoms with van der Waals surface area (Å²) < 4.78 is 42.0. The number of benzene rings is 2. The fraction of sp³-hybridized carbons (Fsp3) is 0.486. The molecule has 44 heavy (non-hydrogen) atoms. The monoisotopic (exact) mass is 612 g/mol. The molecular formula is C35H48O9. The highest BCUT2D eigenvalue weighted by Crippen LogP contribution is 2.56. The standard InChI is InChI=1S/C35H48O9/c1-12-20-40-30-28(21(5)6)32(41-24(11)42-34(36)22(7)8)33(39-15-4)31(38-14-3)29(30)25-16-18-26(19-17-25)43-27(13-2)44-35(37)23(9)10/h16-19,21,24,27H,7,9,12-15,20H2,1-6,8,10-11H3. The SMILES string of the molecule is C=C(C)C(=O)OC(C)Oc1c(OCC)c(OCC)c(-c2ccc(OC(CC)OC(=O)C(=C)C)cc2)c(OCCC)c1C(C)C. The molecule has 0 saturated carbocycles. The highest BCUT2D eigenvalue weighted by atomic mass is 16.7. The number of carbonyl (C=O) groups is 2. The largest absolute Gasteiger partial charge is 0.492 e. The van der Waals surface area contributed by atoms with Crippen LogP contribution in [0.1, 0.15) is 86.6 Å². The van der Waals surface area contributed by atoms with Crippen LogP contribution < -0.4 is 23.7 Å². The average molecular weight is 613 g/mol. The lowest BCUT2D eigenvalue weighted by molar-refractivity contribution is -0.159. The van der Waals surface area contributed by atoms with Crippen LogP contribution in [0.15, 0.2) is 48.6 Å². The molecule has 2 rings (SSSR count). The van der Waals surface area contributed by atoms with E-state index in [1.807, 2.05) is 53.7 Å². The molecule has 242 valence electrons. The Morgan fingerprint density at radius 1 is 0.727 bits per heavy atom. The van der Waals surface area contributed by atoms with E-state index in [0.29, 0.717) is 66.1 Å². The Labute approximate surface area is 262 Å². The van der Waals surface area contributed by atoms with Crippen molar-refractivity contribution in [1.29, 1.82) is 0 Å². The van der Waals surface area contributed by atoms with Gasteiger partial charge < -0.3 is 33.2 Å². The van der Waals surface area contributed by atoms with E-state index in [-0.39, 0.29) is 11.5 Å². The van der Waals surface area contributed by atoms with Crippen molar-refractivity contribution in [3.63, 3.8) is 0 Å². The summed E-state index contributed by atoms with van der Waals surface area (Å²) in [7, 11) is 0. The van der Waals surface area contributed by atoms with Gasteiger partial charge >= 0.3 is 11.9 Å². The number of esters is 2. The smallest absolute Gasteiger partial charge is 0.336 e. The van der Waals surface area contributed by atoms with Crippen LogP contribution in [0.25, 0.3) is 11.1 Å². The van der Waals surface area contributed by atoms with Gasteiger partial charge in [-0.1, -0.05) is 53.0 Å². The molecule has 0 aliphatic carbocycles. The van der Waals surface area contributed by atoms with Gasteiger partial charge in [0.15, 0.2) is 11.5 Å². The number of hydrogen-bond donors (Lipinski definition) is 0. The second-order valence-corrected chi connectivity index (χ2v) is 10.5. The first-order valence-corrected chi connectivity index (χ1v) is 15.2. The maximum absolute atomic E-state index is 12.3. The van der Waals surface area contributed by atoms with Crippen LogP contribution in [0.5, 0.6) is 28.7 Å². The normalized spacial score (nSPS) is 12.1. The topological polar surface area (TPSA) is 98.8 Å². The highest BCUT2D eigenvalue weighted by Gasteiger charge is 2.32. The van der Waals surface area contributed by atoms with Crippen LogP contribution in [0.4, 0.5) is 0 Å². The third-order valence-corrected chi connectivity index (χ3v) is 6.20. The van der Waals surface area contributed by atoms with E-state index in [4.69, 9.17) is 33.2 Å². The third-order valence-electron chi connectivity index (χ3n) is 6.20. The maximum atomic E-state index is 12.3. The molecule has 0 saturated heterocycles. The molecular weight excluding hydrogens is 564 g/mol. The minimum absolute atomic E-state index is 0.0783. The summed E-state index contributed by atoms with van der Waals surface area (Å²) in [5, 5.41) is 0.